The van der Waals surface area contributed by atoms with Crippen LogP contribution in [0.2, 0.25) is 0 Å². The van der Waals surface area contributed by atoms with Gasteiger partial charge in [0.05, 0.1) is 25.1 Å². The second kappa shape index (κ2) is 32.6. The monoisotopic (exact) mass is 1160 g/mol. The fraction of sp³-hybridized carbons (Fsp3) is 0.500. The van der Waals surface area contributed by atoms with Crippen molar-refractivity contribution in [2.45, 2.75) is 152 Å². The number of likely N-dealkylation sites (tertiary alicyclic amines) is 1. The van der Waals surface area contributed by atoms with Gasteiger partial charge in [0.15, 0.2) is 0 Å². The molecule has 0 radical (unpaired) electrons. The molecule has 0 saturated carbocycles. The Morgan fingerprint density at radius 2 is 1.13 bits per heavy atom. The van der Waals surface area contributed by atoms with Gasteiger partial charge in [0.2, 0.25) is 59.1 Å². The van der Waals surface area contributed by atoms with Gasteiger partial charge in [0.25, 0.3) is 0 Å². The van der Waals surface area contributed by atoms with Crippen LogP contribution < -0.4 is 54.0 Å². The molecule has 3 aromatic rings. The summed E-state index contributed by atoms with van der Waals surface area (Å²) in [6, 6.07) is 2.18. The first kappa shape index (κ1) is 66.7. The Morgan fingerprint density at radius 1 is 0.627 bits per heavy atom. The number of hydrogen-bond donors (Lipinski definition) is 15. The van der Waals surface area contributed by atoms with Crippen LogP contribution in [0.15, 0.2) is 73.2 Å². The zero-order valence-electron chi connectivity index (χ0n) is 46.4. The highest BCUT2D eigenvalue weighted by Crippen LogP contribution is 2.21. The van der Waals surface area contributed by atoms with Crippen molar-refractivity contribution in [3.05, 3.63) is 90.0 Å². The number of hydrogen-bond acceptors (Lipinski definition) is 16. The number of benzene rings is 2. The van der Waals surface area contributed by atoms with Crippen molar-refractivity contribution in [3.63, 3.8) is 0 Å². The molecule has 1 aliphatic rings. The Morgan fingerprint density at radius 3 is 1.66 bits per heavy atom. The van der Waals surface area contributed by atoms with Gasteiger partial charge in [-0.05, 0) is 63.0 Å². The van der Waals surface area contributed by atoms with Gasteiger partial charge in [-0.1, -0.05) is 74.5 Å². The SMILES string of the molecule is CC(C)[C@H](NC(=O)[C@@H]1CCCN1C(=O)[C@@H](NC(=O)[C@H](CCC(=O)O)NC(=O)[C@@H](N)Cc1ccccc1)[C@@H](C)O)C(=O)N[C@@H](Cc1cnc[nH]1)C(=O)N[C@@H](CO)C(=O)N[C@@H](Cc1ccccc1)C(=O)N[C@@H](CCC(N)=O)C(=O)N[C@@H](C)C(=O)O. The van der Waals surface area contributed by atoms with Crippen LogP contribution in [-0.4, -0.2) is 186 Å². The lowest BCUT2D eigenvalue weighted by Crippen LogP contribution is -2.62. The van der Waals surface area contributed by atoms with Gasteiger partial charge in [-0.2, -0.15) is 0 Å². The molecule has 1 aromatic heterocycles. The summed E-state index contributed by atoms with van der Waals surface area (Å²) in [5, 5.41) is 59.6. The number of aliphatic hydroxyl groups is 2. The predicted molar refractivity (Wildman–Crippen MR) is 293 cm³/mol. The summed E-state index contributed by atoms with van der Waals surface area (Å²) in [7, 11) is 0. The summed E-state index contributed by atoms with van der Waals surface area (Å²) in [5.41, 5.74) is 13.0. The number of primary amides is 1. The van der Waals surface area contributed by atoms with Gasteiger partial charge in [-0.25, -0.2) is 4.98 Å². The molecular formula is C54H75N13O16. The lowest BCUT2D eigenvalue weighted by atomic mass is 10.0. The molecule has 10 amide bonds. The number of aliphatic carboxylic acids is 2. The molecule has 1 aliphatic heterocycles. The number of carbonyl (C=O) groups excluding carboxylic acids is 10. The summed E-state index contributed by atoms with van der Waals surface area (Å²) in [5.74, 6) is -12.7. The largest absolute Gasteiger partial charge is 0.481 e. The molecule has 17 N–H and O–H groups in total. The topological polar surface area (TPSA) is 466 Å². The smallest absolute Gasteiger partial charge is 0.325 e. The Hall–Kier alpha value is -8.83. The third-order valence-electron chi connectivity index (χ3n) is 13.4. The third-order valence-corrected chi connectivity index (χ3v) is 13.4. The summed E-state index contributed by atoms with van der Waals surface area (Å²) in [6.07, 6.45) is -0.759. The second-order valence-electron chi connectivity index (χ2n) is 20.4. The van der Waals surface area contributed by atoms with E-state index in [2.05, 4.69) is 52.5 Å². The van der Waals surface area contributed by atoms with Crippen molar-refractivity contribution >= 4 is 71.0 Å². The van der Waals surface area contributed by atoms with Crippen LogP contribution in [-0.2, 0) is 76.8 Å². The summed E-state index contributed by atoms with van der Waals surface area (Å²) in [4.78, 5) is 167. The molecule has 83 heavy (non-hydrogen) atoms. The fourth-order valence-corrected chi connectivity index (χ4v) is 8.77. The predicted octanol–water partition coefficient (Wildman–Crippen LogP) is -4.10. The van der Waals surface area contributed by atoms with Gasteiger partial charge in [-0.15, -0.1) is 0 Å². The number of nitrogens with zero attached hydrogens (tertiary/aromatic N) is 2. The van der Waals surface area contributed by atoms with Crippen LogP contribution in [0.4, 0.5) is 0 Å². The van der Waals surface area contributed by atoms with E-state index in [1.165, 1.54) is 26.4 Å². The average molecular weight is 1160 g/mol. The van der Waals surface area contributed by atoms with E-state index < -0.39 is 169 Å². The van der Waals surface area contributed by atoms with E-state index in [1.54, 1.807) is 74.5 Å². The molecule has 11 atom stereocenters. The van der Waals surface area contributed by atoms with E-state index in [4.69, 9.17) is 11.5 Å². The van der Waals surface area contributed by atoms with Crippen molar-refractivity contribution in [2.75, 3.05) is 13.2 Å². The van der Waals surface area contributed by atoms with Gasteiger partial charge in [-0.3, -0.25) is 57.5 Å². The van der Waals surface area contributed by atoms with E-state index in [1.807, 2.05) is 0 Å². The number of carboxylic acids is 2. The second-order valence-corrected chi connectivity index (χ2v) is 20.4. The molecule has 0 unspecified atom stereocenters. The standard InChI is InChI=1S/C54H75N13O16/c1-28(2)43(65-51(79)40-16-11-21-67(40)53(81)44(30(4)69)66-47(75)36(18-20-42(71)72)60-45(73)34(55)22-31-12-7-5-8-13-31)52(80)63-38(24-33-25-57-27-58-33)49(77)64-39(26-68)50(78)62-37(23-32-14-9-6-10-15-32)48(76)61-35(17-19-41(56)70)46(74)59-29(3)54(82)83/h5-10,12-15,25,27-30,34-40,43-44,68-69H,11,16-24,26,55H2,1-4H3,(H2,56,70)(H,57,58)(H,59,74)(H,60,73)(H,61,76)(H,62,78)(H,63,80)(H,64,77)(H,65,79)(H,66,75)(H,71,72)(H,82,83)/t29-,30+,34-,35-,36-,37-,38-,39-,40-,43-,44-/m0/s1. The number of aromatic nitrogens is 2. The number of rotatable bonds is 33. The molecule has 29 heteroatoms. The Labute approximate surface area is 477 Å². The highest BCUT2D eigenvalue weighted by molar-refractivity contribution is 5.99. The summed E-state index contributed by atoms with van der Waals surface area (Å²) in [6.45, 7) is 4.45. The molecule has 1 fully saturated rings. The van der Waals surface area contributed by atoms with Gasteiger partial charge in [0.1, 0.15) is 54.4 Å². The zero-order valence-corrected chi connectivity index (χ0v) is 46.4. The normalized spacial score (nSPS) is 16.6. The molecule has 2 heterocycles. The first-order valence-electron chi connectivity index (χ1n) is 26.9. The zero-order chi connectivity index (χ0) is 61.5. The number of nitrogens with one attached hydrogen (secondary N) is 9. The van der Waals surface area contributed by atoms with E-state index in [9.17, 15) is 78.0 Å². The van der Waals surface area contributed by atoms with Crippen molar-refractivity contribution < 1.29 is 78.0 Å². The van der Waals surface area contributed by atoms with Crippen LogP contribution in [0.5, 0.6) is 0 Å². The number of carboxylic acid groups (broad SMARTS) is 2. The molecule has 0 spiro atoms. The minimum absolute atomic E-state index is 0.0334. The highest BCUT2D eigenvalue weighted by Gasteiger charge is 2.42. The number of nitrogens with two attached hydrogens (primary N) is 2. The fourth-order valence-electron chi connectivity index (χ4n) is 8.77. The van der Waals surface area contributed by atoms with Crippen molar-refractivity contribution in [1.29, 1.82) is 0 Å². The first-order chi connectivity index (χ1) is 39.3. The summed E-state index contributed by atoms with van der Waals surface area (Å²) >= 11 is 0. The van der Waals surface area contributed by atoms with Crippen LogP contribution in [0.1, 0.15) is 83.0 Å². The number of amides is 10. The van der Waals surface area contributed by atoms with E-state index >= 15 is 0 Å². The Bertz CT molecular complexity index is 2730. The van der Waals surface area contributed by atoms with Crippen molar-refractivity contribution in [2.24, 2.45) is 17.4 Å². The van der Waals surface area contributed by atoms with Crippen molar-refractivity contribution in [1.82, 2.24) is 57.4 Å². The maximum absolute atomic E-state index is 14.3. The maximum atomic E-state index is 14.3. The van der Waals surface area contributed by atoms with E-state index in [-0.39, 0.29) is 45.1 Å². The van der Waals surface area contributed by atoms with Gasteiger partial charge in [0, 0.05) is 44.1 Å². The minimum atomic E-state index is -1.79. The molecule has 4 rings (SSSR count). The number of imidazole rings is 1. The van der Waals surface area contributed by atoms with Crippen LogP contribution in [0.3, 0.4) is 0 Å². The Kier molecular flexibility index (Phi) is 26.2. The summed E-state index contributed by atoms with van der Waals surface area (Å²) < 4.78 is 0. The number of carbonyl (C=O) groups is 12. The number of H-pyrrole nitrogens is 1. The van der Waals surface area contributed by atoms with Gasteiger partial charge >= 0.3 is 11.9 Å². The lowest BCUT2D eigenvalue weighted by Gasteiger charge is -2.32. The number of aliphatic hydroxyl groups excluding tert-OH is 2. The molecule has 0 aliphatic carbocycles. The maximum Gasteiger partial charge on any atom is 0.325 e. The lowest BCUT2D eigenvalue weighted by molar-refractivity contribution is -0.145. The van der Waals surface area contributed by atoms with Crippen molar-refractivity contribution in [3.8, 4) is 0 Å². The minimum Gasteiger partial charge on any atom is -0.481 e. The third kappa shape index (κ3) is 21.2. The van der Waals surface area contributed by atoms with E-state index in [0.717, 1.165) is 4.90 Å². The molecule has 29 nitrogen and oxygen atoms in total. The molecule has 1 saturated heterocycles. The Balaban J connectivity index is 1.50. The van der Waals surface area contributed by atoms with Crippen LogP contribution in [0, 0.1) is 5.92 Å². The van der Waals surface area contributed by atoms with Gasteiger partial charge < -0.3 is 84.3 Å². The first-order valence-corrected chi connectivity index (χ1v) is 26.9. The quantitative estimate of drug-likeness (QED) is 0.0276. The van der Waals surface area contributed by atoms with E-state index in [0.29, 0.717) is 16.8 Å². The van der Waals surface area contributed by atoms with Crippen LogP contribution >= 0.6 is 0 Å². The molecule has 2 aromatic carbocycles. The van der Waals surface area contributed by atoms with Crippen LogP contribution in [0.25, 0.3) is 0 Å². The molecular weight excluding hydrogens is 1090 g/mol. The highest BCUT2D eigenvalue weighted by atomic mass is 16.4. The average Bonchev–Trinajstić information content (AvgIpc) is 4.41. The molecule has 452 valence electrons. The number of aromatic amines is 1. The molecule has 0 bridgehead atoms.